The number of nitrogens with one attached hydrogen (secondary N) is 2. The topological polar surface area (TPSA) is 84.5 Å². The molecule has 3 unspecified atom stereocenters. The van der Waals surface area contributed by atoms with Gasteiger partial charge in [-0.3, -0.25) is 4.79 Å². The van der Waals surface area contributed by atoms with Crippen LogP contribution in [-0.2, 0) is 19.4 Å². The Morgan fingerprint density at radius 1 is 1.42 bits per heavy atom. The molecule has 1 saturated carbocycles. The fraction of sp³-hybridized carbons (Fsp3) is 0.917. The van der Waals surface area contributed by atoms with Crippen molar-refractivity contribution in [1.82, 2.24) is 10.6 Å². The van der Waals surface area contributed by atoms with Crippen LogP contribution in [0, 0.1) is 0 Å². The van der Waals surface area contributed by atoms with Gasteiger partial charge in [-0.25, -0.2) is 8.42 Å². The first-order valence-electron chi connectivity index (χ1n) is 6.76. The van der Waals surface area contributed by atoms with E-state index in [0.29, 0.717) is 6.54 Å². The van der Waals surface area contributed by atoms with Gasteiger partial charge >= 0.3 is 0 Å². The Kier molecular flexibility index (Phi) is 4.81. The first kappa shape index (κ1) is 14.7. The number of rotatable bonds is 4. The minimum Gasteiger partial charge on any atom is -0.379 e. The number of methoxy groups -OCH3 is 1. The van der Waals surface area contributed by atoms with Crippen LogP contribution in [0.1, 0.15) is 25.7 Å². The van der Waals surface area contributed by atoms with Gasteiger partial charge in [0.2, 0.25) is 5.91 Å². The Hall–Kier alpha value is -0.660. The second kappa shape index (κ2) is 6.19. The lowest BCUT2D eigenvalue weighted by Crippen LogP contribution is -2.49. The van der Waals surface area contributed by atoms with Crippen LogP contribution in [0.5, 0.6) is 0 Å². The van der Waals surface area contributed by atoms with Crippen molar-refractivity contribution < 1.29 is 17.9 Å². The lowest BCUT2D eigenvalue weighted by Gasteiger charge is -2.25. The molecular weight excluding hydrogens is 268 g/mol. The van der Waals surface area contributed by atoms with E-state index in [1.54, 1.807) is 7.11 Å². The number of ether oxygens (including phenoxy) is 1. The SMILES string of the molecule is COC1CCCC1NC(=O)CC1CS(=O)(=O)CCN1. The molecular formula is C12H22N2O4S. The van der Waals surface area contributed by atoms with Crippen molar-refractivity contribution in [2.45, 2.75) is 43.9 Å². The Balaban J connectivity index is 1.81. The molecule has 6 nitrogen and oxygen atoms in total. The summed E-state index contributed by atoms with van der Waals surface area (Å²) in [5, 5.41) is 6.04. The highest BCUT2D eigenvalue weighted by Gasteiger charge is 2.30. The first-order valence-corrected chi connectivity index (χ1v) is 8.58. The van der Waals surface area contributed by atoms with Crippen LogP contribution in [0.15, 0.2) is 0 Å². The normalized spacial score (nSPS) is 34.1. The third-order valence-corrected chi connectivity index (χ3v) is 5.57. The summed E-state index contributed by atoms with van der Waals surface area (Å²) in [6.45, 7) is 0.435. The molecule has 1 aliphatic carbocycles. The van der Waals surface area contributed by atoms with Gasteiger partial charge in [-0.15, -0.1) is 0 Å². The predicted octanol–water partition coefficient (Wildman–Crippen LogP) is -0.553. The molecule has 0 spiro atoms. The average molecular weight is 290 g/mol. The van der Waals surface area contributed by atoms with Crippen LogP contribution in [0.4, 0.5) is 0 Å². The van der Waals surface area contributed by atoms with Crippen LogP contribution in [0.25, 0.3) is 0 Å². The van der Waals surface area contributed by atoms with E-state index in [0.717, 1.165) is 19.3 Å². The summed E-state index contributed by atoms with van der Waals surface area (Å²) in [6, 6.07) is -0.196. The Morgan fingerprint density at radius 2 is 2.21 bits per heavy atom. The number of carbonyl (C=O) groups excluding carboxylic acids is 1. The lowest BCUT2D eigenvalue weighted by atomic mass is 10.1. The molecule has 110 valence electrons. The number of carbonyl (C=O) groups is 1. The molecule has 0 aromatic carbocycles. The molecule has 19 heavy (non-hydrogen) atoms. The Bertz CT molecular complexity index is 423. The van der Waals surface area contributed by atoms with Gasteiger partial charge in [0, 0.05) is 26.1 Å². The van der Waals surface area contributed by atoms with Gasteiger partial charge in [0.15, 0.2) is 9.84 Å². The van der Waals surface area contributed by atoms with Crippen LogP contribution in [0.2, 0.25) is 0 Å². The molecule has 2 aliphatic rings. The van der Waals surface area contributed by atoms with E-state index in [9.17, 15) is 13.2 Å². The average Bonchev–Trinajstić information content (AvgIpc) is 2.74. The standard InChI is InChI=1S/C12H22N2O4S/c1-18-11-4-2-3-10(11)14-12(15)7-9-8-19(16,17)6-5-13-9/h9-11,13H,2-8H2,1H3,(H,14,15). The van der Waals surface area contributed by atoms with Gasteiger partial charge in [0.25, 0.3) is 0 Å². The predicted molar refractivity (Wildman–Crippen MR) is 71.6 cm³/mol. The highest BCUT2D eigenvalue weighted by atomic mass is 32.2. The minimum atomic E-state index is -2.99. The maximum Gasteiger partial charge on any atom is 0.221 e. The van der Waals surface area contributed by atoms with Gasteiger partial charge in [0.1, 0.15) is 0 Å². The van der Waals surface area contributed by atoms with E-state index in [1.165, 1.54) is 0 Å². The highest BCUT2D eigenvalue weighted by Crippen LogP contribution is 2.21. The van der Waals surface area contributed by atoms with Crippen molar-refractivity contribution in [1.29, 1.82) is 0 Å². The summed E-state index contributed by atoms with van der Waals surface area (Å²) >= 11 is 0. The Labute approximate surface area is 114 Å². The smallest absolute Gasteiger partial charge is 0.221 e. The molecule has 1 aliphatic heterocycles. The summed E-state index contributed by atoms with van der Waals surface area (Å²) in [7, 11) is -1.33. The number of hydrogen-bond donors (Lipinski definition) is 2. The van der Waals surface area contributed by atoms with Gasteiger partial charge in [-0.1, -0.05) is 0 Å². The fourth-order valence-electron chi connectivity index (χ4n) is 2.86. The molecule has 0 bridgehead atoms. The number of sulfone groups is 1. The second-order valence-corrected chi connectivity index (χ2v) is 7.58. The van der Waals surface area contributed by atoms with Crippen molar-refractivity contribution in [2.75, 3.05) is 25.2 Å². The van der Waals surface area contributed by atoms with Gasteiger partial charge in [0.05, 0.1) is 23.7 Å². The van der Waals surface area contributed by atoms with Gasteiger partial charge < -0.3 is 15.4 Å². The maximum absolute atomic E-state index is 11.9. The number of amides is 1. The van der Waals surface area contributed by atoms with Crippen molar-refractivity contribution in [3.63, 3.8) is 0 Å². The molecule has 2 rings (SSSR count). The molecule has 1 saturated heterocycles. The third-order valence-electron chi connectivity index (χ3n) is 3.83. The summed E-state index contributed by atoms with van der Waals surface area (Å²) in [6.07, 6.45) is 3.26. The molecule has 3 atom stereocenters. The monoisotopic (exact) mass is 290 g/mol. The molecule has 0 radical (unpaired) electrons. The molecule has 0 aromatic heterocycles. The van der Waals surface area contributed by atoms with Crippen LogP contribution < -0.4 is 10.6 Å². The van der Waals surface area contributed by atoms with Gasteiger partial charge in [-0.05, 0) is 19.3 Å². The first-order chi connectivity index (χ1) is 9.00. The molecule has 7 heteroatoms. The fourth-order valence-corrected chi connectivity index (χ4v) is 4.31. The van der Waals surface area contributed by atoms with Crippen molar-refractivity contribution in [3.8, 4) is 0 Å². The van der Waals surface area contributed by atoms with E-state index in [2.05, 4.69) is 10.6 Å². The highest BCUT2D eigenvalue weighted by molar-refractivity contribution is 7.91. The Morgan fingerprint density at radius 3 is 2.89 bits per heavy atom. The molecule has 1 heterocycles. The van der Waals surface area contributed by atoms with Crippen molar-refractivity contribution >= 4 is 15.7 Å². The zero-order valence-electron chi connectivity index (χ0n) is 11.2. The summed E-state index contributed by atoms with van der Waals surface area (Å²) in [4.78, 5) is 11.9. The summed E-state index contributed by atoms with van der Waals surface area (Å²) in [5.41, 5.74) is 0. The van der Waals surface area contributed by atoms with E-state index in [4.69, 9.17) is 4.74 Å². The largest absolute Gasteiger partial charge is 0.379 e. The zero-order chi connectivity index (χ0) is 13.9. The van der Waals surface area contributed by atoms with Crippen LogP contribution in [0.3, 0.4) is 0 Å². The quantitative estimate of drug-likeness (QED) is 0.725. The van der Waals surface area contributed by atoms with E-state index >= 15 is 0 Å². The van der Waals surface area contributed by atoms with Crippen LogP contribution in [-0.4, -0.2) is 57.7 Å². The lowest BCUT2D eigenvalue weighted by molar-refractivity contribution is -0.123. The molecule has 1 amide bonds. The van der Waals surface area contributed by atoms with E-state index in [1.807, 2.05) is 0 Å². The van der Waals surface area contributed by atoms with Crippen molar-refractivity contribution in [3.05, 3.63) is 0 Å². The van der Waals surface area contributed by atoms with Crippen molar-refractivity contribution in [2.24, 2.45) is 0 Å². The minimum absolute atomic E-state index is 0.0544. The molecule has 0 aromatic rings. The molecule has 2 fully saturated rings. The molecule has 2 N–H and O–H groups in total. The van der Waals surface area contributed by atoms with E-state index in [-0.39, 0.29) is 42.0 Å². The summed E-state index contributed by atoms with van der Waals surface area (Å²) < 4.78 is 28.3. The van der Waals surface area contributed by atoms with Gasteiger partial charge in [-0.2, -0.15) is 0 Å². The third kappa shape index (κ3) is 4.15. The maximum atomic E-state index is 11.9. The van der Waals surface area contributed by atoms with E-state index < -0.39 is 9.84 Å². The zero-order valence-corrected chi connectivity index (χ0v) is 12.0. The second-order valence-electron chi connectivity index (χ2n) is 5.35. The van der Waals surface area contributed by atoms with Crippen LogP contribution >= 0.6 is 0 Å². The number of hydrogen-bond acceptors (Lipinski definition) is 5. The summed E-state index contributed by atoms with van der Waals surface area (Å²) in [5.74, 6) is 0.127.